The van der Waals surface area contributed by atoms with Crippen molar-refractivity contribution in [1.29, 1.82) is 0 Å². The monoisotopic (exact) mass is 465 g/mol. The number of sulfone groups is 1. The molecule has 4 rings (SSSR count). The number of aromatic nitrogens is 2. The highest BCUT2D eigenvalue weighted by atomic mass is 32.2. The lowest BCUT2D eigenvalue weighted by molar-refractivity contribution is 0.272. The summed E-state index contributed by atoms with van der Waals surface area (Å²) < 4.78 is 49.0. The normalized spacial score (nSPS) is 21.8. The Morgan fingerprint density at radius 2 is 2.03 bits per heavy atom. The number of piperidine rings is 1. The van der Waals surface area contributed by atoms with E-state index in [2.05, 4.69) is 28.9 Å². The molecular formula is C23H32FN3O4S. The van der Waals surface area contributed by atoms with Gasteiger partial charge in [0, 0.05) is 19.0 Å². The van der Waals surface area contributed by atoms with Crippen LogP contribution < -0.4 is 9.64 Å². The van der Waals surface area contributed by atoms with Gasteiger partial charge in [0.2, 0.25) is 0 Å². The van der Waals surface area contributed by atoms with Crippen molar-refractivity contribution in [3.63, 3.8) is 0 Å². The molecule has 0 bridgehead atoms. The second kappa shape index (κ2) is 9.37. The number of hydrogen-bond acceptors (Lipinski definition) is 7. The van der Waals surface area contributed by atoms with E-state index in [4.69, 9.17) is 9.26 Å². The van der Waals surface area contributed by atoms with E-state index >= 15 is 0 Å². The van der Waals surface area contributed by atoms with Crippen molar-refractivity contribution in [3.8, 4) is 5.75 Å². The highest BCUT2D eigenvalue weighted by Gasteiger charge is 2.43. The van der Waals surface area contributed by atoms with Crippen molar-refractivity contribution in [2.75, 3.05) is 30.3 Å². The number of rotatable bonds is 9. The average Bonchev–Trinajstić information content (AvgIpc) is 3.37. The van der Waals surface area contributed by atoms with Crippen molar-refractivity contribution < 1.29 is 22.1 Å². The predicted octanol–water partition coefficient (Wildman–Crippen LogP) is 4.45. The van der Waals surface area contributed by atoms with Crippen molar-refractivity contribution in [2.24, 2.45) is 17.8 Å². The van der Waals surface area contributed by atoms with Gasteiger partial charge in [0.05, 0.1) is 17.3 Å². The minimum atomic E-state index is -3.42. The molecule has 2 aliphatic rings. The number of hydrogen-bond donors (Lipinski definition) is 0. The summed E-state index contributed by atoms with van der Waals surface area (Å²) in [7, 11) is -3.42. The molecule has 0 N–H and O–H groups in total. The zero-order chi connectivity index (χ0) is 22.9. The standard InChI is InChI=1S/C23H32FN3O4S/c1-4-32(28,29)18-5-6-21(20(24)14-18)30-12-9-17-13-19(17)16-7-10-27(11-8-16)23-25-22(15(2)3)26-31-23/h5-6,14-17,19H,4,7-13H2,1-3H3/t17-,19-/m1/s1. The first-order valence-electron chi connectivity index (χ1n) is 11.5. The average molecular weight is 466 g/mol. The van der Waals surface area contributed by atoms with Crippen molar-refractivity contribution >= 4 is 15.9 Å². The van der Waals surface area contributed by atoms with Gasteiger partial charge in [-0.15, -0.1) is 0 Å². The van der Waals surface area contributed by atoms with Crippen LogP contribution in [-0.4, -0.2) is 44.0 Å². The lowest BCUT2D eigenvalue weighted by atomic mass is 9.90. The molecule has 1 saturated carbocycles. The van der Waals surface area contributed by atoms with E-state index in [0.717, 1.165) is 44.2 Å². The Kier molecular flexibility index (Phi) is 6.74. The molecule has 1 aliphatic carbocycles. The van der Waals surface area contributed by atoms with Gasteiger partial charge >= 0.3 is 6.01 Å². The van der Waals surface area contributed by atoms with Crippen LogP contribution in [0.5, 0.6) is 5.75 Å². The van der Waals surface area contributed by atoms with Gasteiger partial charge in [-0.2, -0.15) is 4.98 Å². The molecule has 32 heavy (non-hydrogen) atoms. The smallest absolute Gasteiger partial charge is 0.324 e. The van der Waals surface area contributed by atoms with Gasteiger partial charge in [-0.05, 0) is 61.6 Å². The summed E-state index contributed by atoms with van der Waals surface area (Å²) in [5.41, 5.74) is 0. The molecule has 176 valence electrons. The third kappa shape index (κ3) is 5.08. The SMILES string of the molecule is CCS(=O)(=O)c1ccc(OCC[C@@H]2C[C@@H]2C2CCN(c3nc(C(C)C)no3)CC2)c(F)c1. The molecule has 9 heteroatoms. The Morgan fingerprint density at radius 1 is 1.28 bits per heavy atom. The Morgan fingerprint density at radius 3 is 2.66 bits per heavy atom. The highest BCUT2D eigenvalue weighted by molar-refractivity contribution is 7.91. The van der Waals surface area contributed by atoms with E-state index < -0.39 is 15.7 Å². The second-order valence-electron chi connectivity index (χ2n) is 9.21. The van der Waals surface area contributed by atoms with Gasteiger partial charge in [0.25, 0.3) is 0 Å². The molecule has 2 aromatic rings. The van der Waals surface area contributed by atoms with Crippen LogP contribution in [0.15, 0.2) is 27.6 Å². The van der Waals surface area contributed by atoms with Crippen molar-refractivity contribution in [2.45, 2.75) is 57.3 Å². The van der Waals surface area contributed by atoms with Crippen molar-refractivity contribution in [3.05, 3.63) is 29.8 Å². The van der Waals surface area contributed by atoms with Crippen LogP contribution in [0.3, 0.4) is 0 Å². The topological polar surface area (TPSA) is 85.5 Å². The minimum Gasteiger partial charge on any atom is -0.491 e. The summed E-state index contributed by atoms with van der Waals surface area (Å²) in [5, 5.41) is 4.06. The summed E-state index contributed by atoms with van der Waals surface area (Å²) in [4.78, 5) is 6.68. The van der Waals surface area contributed by atoms with Crippen LogP contribution in [0, 0.1) is 23.6 Å². The molecule has 0 spiro atoms. The van der Waals surface area contributed by atoms with Gasteiger partial charge in [0.1, 0.15) is 0 Å². The molecule has 2 atom stereocenters. The van der Waals surface area contributed by atoms with E-state index in [9.17, 15) is 12.8 Å². The summed E-state index contributed by atoms with van der Waals surface area (Å²) in [5.74, 6) is 2.47. The van der Waals surface area contributed by atoms with Gasteiger partial charge in [-0.1, -0.05) is 25.9 Å². The van der Waals surface area contributed by atoms with E-state index in [1.54, 1.807) is 6.92 Å². The van der Waals surface area contributed by atoms with Crippen LogP contribution in [0.25, 0.3) is 0 Å². The van der Waals surface area contributed by atoms with Crippen LogP contribution in [0.2, 0.25) is 0 Å². The lowest BCUT2D eigenvalue weighted by Gasteiger charge is -2.30. The van der Waals surface area contributed by atoms with Crippen LogP contribution in [0.4, 0.5) is 10.4 Å². The molecule has 2 fully saturated rings. The zero-order valence-electron chi connectivity index (χ0n) is 19.0. The fourth-order valence-corrected chi connectivity index (χ4v) is 5.46. The van der Waals surface area contributed by atoms with Crippen molar-refractivity contribution in [1.82, 2.24) is 10.1 Å². The molecule has 0 unspecified atom stereocenters. The number of anilines is 1. The van der Waals surface area contributed by atoms with Gasteiger partial charge in [0.15, 0.2) is 27.2 Å². The fraction of sp³-hybridized carbons (Fsp3) is 0.652. The van der Waals surface area contributed by atoms with E-state index in [1.165, 1.54) is 18.6 Å². The van der Waals surface area contributed by atoms with Crippen LogP contribution in [-0.2, 0) is 9.84 Å². The molecule has 1 saturated heterocycles. The first kappa shape index (κ1) is 23.0. The highest BCUT2D eigenvalue weighted by Crippen LogP contribution is 2.50. The number of ether oxygens (including phenoxy) is 1. The predicted molar refractivity (Wildman–Crippen MR) is 119 cm³/mol. The maximum absolute atomic E-state index is 14.2. The zero-order valence-corrected chi connectivity index (χ0v) is 19.8. The third-order valence-electron chi connectivity index (χ3n) is 6.73. The van der Waals surface area contributed by atoms with Crippen LogP contribution in [0.1, 0.15) is 58.2 Å². The number of benzene rings is 1. The molecule has 2 heterocycles. The first-order valence-corrected chi connectivity index (χ1v) is 13.2. The fourth-order valence-electron chi connectivity index (χ4n) is 4.57. The Bertz CT molecular complexity index is 1030. The molecule has 0 radical (unpaired) electrons. The quantitative estimate of drug-likeness (QED) is 0.541. The number of halogens is 1. The minimum absolute atomic E-state index is 0.000548. The number of nitrogens with zero attached hydrogens (tertiary/aromatic N) is 3. The van der Waals surface area contributed by atoms with E-state index in [-0.39, 0.29) is 22.3 Å². The third-order valence-corrected chi connectivity index (χ3v) is 8.46. The molecule has 1 aliphatic heterocycles. The molecule has 1 aromatic carbocycles. The molecule has 1 aromatic heterocycles. The largest absolute Gasteiger partial charge is 0.491 e. The summed E-state index contributed by atoms with van der Waals surface area (Å²) in [6.07, 6.45) is 4.32. The van der Waals surface area contributed by atoms with Gasteiger partial charge in [-0.25, -0.2) is 12.8 Å². The van der Waals surface area contributed by atoms with E-state index in [1.807, 2.05) is 0 Å². The van der Waals surface area contributed by atoms with Gasteiger partial charge in [-0.3, -0.25) is 0 Å². The van der Waals surface area contributed by atoms with E-state index in [0.29, 0.717) is 30.4 Å². The Hall–Kier alpha value is -2.16. The summed E-state index contributed by atoms with van der Waals surface area (Å²) in [6, 6.07) is 4.52. The van der Waals surface area contributed by atoms with Crippen LogP contribution >= 0.6 is 0 Å². The maximum Gasteiger partial charge on any atom is 0.324 e. The molecule has 0 amide bonds. The maximum atomic E-state index is 14.2. The lowest BCUT2D eigenvalue weighted by Crippen LogP contribution is -2.34. The molecular weight excluding hydrogens is 433 g/mol. The van der Waals surface area contributed by atoms with Gasteiger partial charge < -0.3 is 14.2 Å². The summed E-state index contributed by atoms with van der Waals surface area (Å²) >= 11 is 0. The first-order chi connectivity index (χ1) is 15.3. The Balaban J connectivity index is 1.20. The molecule has 7 nitrogen and oxygen atoms in total. The Labute approximate surface area is 189 Å². The summed E-state index contributed by atoms with van der Waals surface area (Å²) in [6.45, 7) is 7.96. The second-order valence-corrected chi connectivity index (χ2v) is 11.5.